The Bertz CT molecular complexity index is 235. The van der Waals surface area contributed by atoms with E-state index in [2.05, 4.69) is 5.32 Å². The molecule has 1 heterocycles. The molecular weight excluding hydrogens is 194 g/mol. The molecule has 0 spiro atoms. The van der Waals surface area contributed by atoms with Crippen molar-refractivity contribution in [1.29, 1.82) is 0 Å². The largest absolute Gasteiger partial charge is 0.378 e. The molecule has 2 aliphatic rings. The number of nitrogens with zero attached hydrogens (tertiary/aromatic N) is 1. The molecule has 2 amide bonds. The summed E-state index contributed by atoms with van der Waals surface area (Å²) in [6.07, 6.45) is 3.23. The fraction of sp³-hybridized carbons (Fsp3) is 0.900. The third-order valence-corrected chi connectivity index (χ3v) is 3.24. The Labute approximate surface area is 89.9 Å². The molecule has 1 aliphatic carbocycles. The lowest BCUT2D eigenvalue weighted by atomic mass is 9.78. The highest BCUT2D eigenvalue weighted by Crippen LogP contribution is 2.28. The molecule has 5 nitrogen and oxygen atoms in total. The summed E-state index contributed by atoms with van der Waals surface area (Å²) in [7, 11) is 0. The summed E-state index contributed by atoms with van der Waals surface area (Å²) in [6.45, 7) is 3.25. The first kappa shape index (κ1) is 10.7. The summed E-state index contributed by atoms with van der Waals surface area (Å²) < 4.78 is 5.18. The summed E-state index contributed by atoms with van der Waals surface area (Å²) in [5.41, 5.74) is 5.89. The van der Waals surface area contributed by atoms with E-state index in [-0.39, 0.29) is 11.6 Å². The van der Waals surface area contributed by atoms with Crippen LogP contribution in [-0.2, 0) is 4.74 Å². The predicted octanol–water partition coefficient (Wildman–Crippen LogP) is -0.0904. The van der Waals surface area contributed by atoms with E-state index in [9.17, 15) is 4.79 Å². The molecule has 0 atom stereocenters. The Kier molecular flexibility index (Phi) is 3.11. The molecule has 5 heteroatoms. The van der Waals surface area contributed by atoms with Crippen molar-refractivity contribution in [3.63, 3.8) is 0 Å². The van der Waals surface area contributed by atoms with Gasteiger partial charge in [0.15, 0.2) is 0 Å². The second kappa shape index (κ2) is 4.37. The van der Waals surface area contributed by atoms with Crippen LogP contribution in [0.1, 0.15) is 19.3 Å². The van der Waals surface area contributed by atoms with E-state index in [1.54, 1.807) is 4.90 Å². The first-order valence-electron chi connectivity index (χ1n) is 5.59. The van der Waals surface area contributed by atoms with Crippen molar-refractivity contribution in [2.24, 2.45) is 5.73 Å². The minimum Gasteiger partial charge on any atom is -0.378 e. The lowest BCUT2D eigenvalue weighted by Crippen LogP contribution is -2.57. The van der Waals surface area contributed by atoms with Crippen LogP contribution in [0.2, 0.25) is 0 Å². The summed E-state index contributed by atoms with van der Waals surface area (Å²) in [5, 5.41) is 2.90. The van der Waals surface area contributed by atoms with E-state index in [1.165, 1.54) is 6.42 Å². The zero-order chi connectivity index (χ0) is 10.7. The van der Waals surface area contributed by atoms with Crippen LogP contribution in [0.3, 0.4) is 0 Å². The molecule has 0 aromatic rings. The van der Waals surface area contributed by atoms with Gasteiger partial charge in [-0.3, -0.25) is 0 Å². The van der Waals surface area contributed by atoms with Gasteiger partial charge in [0.1, 0.15) is 0 Å². The molecule has 3 N–H and O–H groups in total. The van der Waals surface area contributed by atoms with Crippen molar-refractivity contribution in [3.8, 4) is 0 Å². The van der Waals surface area contributed by atoms with Gasteiger partial charge in [0, 0.05) is 25.2 Å². The Hall–Kier alpha value is -0.810. The van der Waals surface area contributed by atoms with E-state index in [4.69, 9.17) is 10.5 Å². The first-order chi connectivity index (χ1) is 7.20. The van der Waals surface area contributed by atoms with E-state index < -0.39 is 0 Å². The summed E-state index contributed by atoms with van der Waals surface area (Å²) in [4.78, 5) is 13.5. The van der Waals surface area contributed by atoms with Crippen molar-refractivity contribution >= 4 is 6.03 Å². The highest BCUT2D eigenvalue weighted by molar-refractivity contribution is 5.74. The van der Waals surface area contributed by atoms with Crippen LogP contribution < -0.4 is 11.1 Å². The minimum absolute atomic E-state index is 0.00461. The number of ether oxygens (including phenoxy) is 1. The number of urea groups is 1. The van der Waals surface area contributed by atoms with Crippen LogP contribution in [0.15, 0.2) is 0 Å². The lowest BCUT2D eigenvalue weighted by molar-refractivity contribution is 0.0524. The first-order valence-corrected chi connectivity index (χ1v) is 5.59. The van der Waals surface area contributed by atoms with Gasteiger partial charge in [-0.05, 0) is 19.3 Å². The molecule has 0 aromatic heterocycles. The van der Waals surface area contributed by atoms with Gasteiger partial charge in [0.25, 0.3) is 0 Å². The number of carbonyl (C=O) groups is 1. The number of nitrogens with one attached hydrogen (secondary N) is 1. The topological polar surface area (TPSA) is 67.6 Å². The highest BCUT2D eigenvalue weighted by Gasteiger charge is 2.33. The smallest absolute Gasteiger partial charge is 0.317 e. The third kappa shape index (κ3) is 2.60. The predicted molar refractivity (Wildman–Crippen MR) is 56.6 cm³/mol. The fourth-order valence-corrected chi connectivity index (χ4v) is 1.94. The number of nitrogens with two attached hydrogens (primary N) is 1. The molecule has 1 saturated heterocycles. The molecule has 0 aromatic carbocycles. The number of hydrogen-bond donors (Lipinski definition) is 2. The molecule has 15 heavy (non-hydrogen) atoms. The molecule has 0 bridgehead atoms. The normalized spacial score (nSPS) is 24.5. The average Bonchev–Trinajstić information content (AvgIpc) is 2.24. The van der Waals surface area contributed by atoms with E-state index in [0.29, 0.717) is 32.8 Å². The van der Waals surface area contributed by atoms with E-state index in [0.717, 1.165) is 12.8 Å². The quantitative estimate of drug-likeness (QED) is 0.673. The van der Waals surface area contributed by atoms with Crippen molar-refractivity contribution in [2.45, 2.75) is 24.8 Å². The maximum atomic E-state index is 11.7. The number of carbonyl (C=O) groups excluding carboxylic acids is 1. The van der Waals surface area contributed by atoms with E-state index >= 15 is 0 Å². The van der Waals surface area contributed by atoms with Crippen LogP contribution in [0.5, 0.6) is 0 Å². The maximum Gasteiger partial charge on any atom is 0.317 e. The van der Waals surface area contributed by atoms with Gasteiger partial charge < -0.3 is 20.7 Å². The molecule has 86 valence electrons. The number of hydrogen-bond acceptors (Lipinski definition) is 3. The Morgan fingerprint density at radius 1 is 1.40 bits per heavy atom. The molecular formula is C10H19N3O2. The third-order valence-electron chi connectivity index (χ3n) is 3.24. The van der Waals surface area contributed by atoms with Gasteiger partial charge in [-0.15, -0.1) is 0 Å². The molecule has 2 rings (SSSR count). The van der Waals surface area contributed by atoms with Gasteiger partial charge in [-0.1, -0.05) is 0 Å². The van der Waals surface area contributed by atoms with Gasteiger partial charge in [0.2, 0.25) is 0 Å². The highest BCUT2D eigenvalue weighted by atomic mass is 16.5. The Morgan fingerprint density at radius 3 is 2.60 bits per heavy atom. The SMILES string of the molecule is NC1(CNC(=O)N2CCOCC2)CCC1. The van der Waals surface area contributed by atoms with Gasteiger partial charge in [-0.2, -0.15) is 0 Å². The summed E-state index contributed by atoms with van der Waals surface area (Å²) in [6, 6.07) is -0.00461. The Morgan fingerprint density at radius 2 is 2.07 bits per heavy atom. The molecule has 1 saturated carbocycles. The summed E-state index contributed by atoms with van der Waals surface area (Å²) in [5.74, 6) is 0. The number of rotatable bonds is 2. The van der Waals surface area contributed by atoms with Crippen molar-refractivity contribution in [1.82, 2.24) is 10.2 Å². The zero-order valence-electron chi connectivity index (χ0n) is 9.00. The van der Waals surface area contributed by atoms with Crippen LogP contribution in [0.25, 0.3) is 0 Å². The van der Waals surface area contributed by atoms with Crippen molar-refractivity contribution in [2.75, 3.05) is 32.8 Å². The fourth-order valence-electron chi connectivity index (χ4n) is 1.94. The van der Waals surface area contributed by atoms with E-state index in [1.807, 2.05) is 0 Å². The summed E-state index contributed by atoms with van der Waals surface area (Å²) >= 11 is 0. The minimum atomic E-state index is -0.137. The second-order valence-corrected chi connectivity index (χ2v) is 4.47. The van der Waals surface area contributed by atoms with Gasteiger partial charge in [0.05, 0.1) is 13.2 Å². The lowest BCUT2D eigenvalue weighted by Gasteiger charge is -2.38. The van der Waals surface area contributed by atoms with Crippen LogP contribution >= 0.6 is 0 Å². The second-order valence-electron chi connectivity index (χ2n) is 4.47. The average molecular weight is 213 g/mol. The van der Waals surface area contributed by atoms with Crippen LogP contribution in [-0.4, -0.2) is 49.3 Å². The van der Waals surface area contributed by atoms with Gasteiger partial charge in [-0.25, -0.2) is 4.79 Å². The monoisotopic (exact) mass is 213 g/mol. The standard InChI is InChI=1S/C10H19N3O2/c11-10(2-1-3-10)8-12-9(14)13-4-6-15-7-5-13/h1-8,11H2,(H,12,14). The maximum absolute atomic E-state index is 11.7. The zero-order valence-corrected chi connectivity index (χ0v) is 9.00. The molecule has 0 radical (unpaired) electrons. The molecule has 0 unspecified atom stereocenters. The van der Waals surface area contributed by atoms with Crippen molar-refractivity contribution in [3.05, 3.63) is 0 Å². The Balaban J connectivity index is 1.71. The number of amides is 2. The van der Waals surface area contributed by atoms with Crippen LogP contribution in [0.4, 0.5) is 4.79 Å². The number of morpholine rings is 1. The van der Waals surface area contributed by atoms with Gasteiger partial charge >= 0.3 is 6.03 Å². The van der Waals surface area contributed by atoms with Crippen LogP contribution in [0, 0.1) is 0 Å². The molecule has 2 fully saturated rings. The van der Waals surface area contributed by atoms with Crippen molar-refractivity contribution < 1.29 is 9.53 Å². The molecule has 1 aliphatic heterocycles.